The molecule has 0 N–H and O–H groups in total. The normalized spacial score (nSPS) is 11.9. The van der Waals surface area contributed by atoms with Crippen LogP contribution in [0.15, 0.2) is 43.1 Å². The Balaban J connectivity index is 2.50. The number of aromatic nitrogens is 2. The third-order valence-electron chi connectivity index (χ3n) is 3.62. The van der Waals surface area contributed by atoms with Crippen molar-refractivity contribution in [2.75, 3.05) is 0 Å². The minimum absolute atomic E-state index is 0.167. The number of rotatable bonds is 1. The number of fused-ring (bicyclic) bond motifs is 1. The molecule has 0 unspecified atom stereocenters. The fraction of sp³-hybridized carbons (Fsp3) is 0.133. The Morgan fingerprint density at radius 1 is 1.12 bits per heavy atom. The fourth-order valence-electron chi connectivity index (χ4n) is 2.49. The SMILES string of the molecule is Cn1c(C(F)(F)F)cc(=O)n(-c2c(F)cc(Cl)c3oc(=O)ccc23)c1=O. The number of alkyl halides is 3. The van der Waals surface area contributed by atoms with Crippen LogP contribution < -0.4 is 16.9 Å². The highest BCUT2D eigenvalue weighted by Crippen LogP contribution is 2.30. The zero-order valence-corrected chi connectivity index (χ0v) is 13.5. The predicted molar refractivity (Wildman–Crippen MR) is 83.3 cm³/mol. The number of halogens is 5. The lowest BCUT2D eigenvalue weighted by Gasteiger charge is -2.15. The fourth-order valence-corrected chi connectivity index (χ4v) is 2.72. The highest BCUT2D eigenvalue weighted by atomic mass is 35.5. The van der Waals surface area contributed by atoms with Crippen LogP contribution in [0.25, 0.3) is 16.7 Å². The van der Waals surface area contributed by atoms with Crippen LogP contribution in [0.2, 0.25) is 5.02 Å². The number of benzene rings is 1. The molecule has 11 heteroatoms. The lowest BCUT2D eigenvalue weighted by molar-refractivity contribution is -0.144. The molecule has 0 aliphatic carbocycles. The molecule has 2 heterocycles. The molecule has 0 amide bonds. The van der Waals surface area contributed by atoms with Crippen molar-refractivity contribution >= 4 is 22.6 Å². The molecule has 26 heavy (non-hydrogen) atoms. The van der Waals surface area contributed by atoms with Crippen molar-refractivity contribution < 1.29 is 22.0 Å². The Morgan fingerprint density at radius 3 is 2.38 bits per heavy atom. The molecule has 0 atom stereocenters. The molecule has 3 rings (SSSR count). The summed E-state index contributed by atoms with van der Waals surface area (Å²) < 4.78 is 58.4. The van der Waals surface area contributed by atoms with Crippen LogP contribution in [0, 0.1) is 5.82 Å². The van der Waals surface area contributed by atoms with E-state index < -0.39 is 40.2 Å². The molecule has 0 bridgehead atoms. The molecule has 0 aliphatic heterocycles. The van der Waals surface area contributed by atoms with Crippen LogP contribution in [-0.2, 0) is 13.2 Å². The summed E-state index contributed by atoms with van der Waals surface area (Å²) in [5.41, 5.74) is -6.15. The monoisotopic (exact) mass is 390 g/mol. The van der Waals surface area contributed by atoms with E-state index in [1.165, 1.54) is 0 Å². The van der Waals surface area contributed by atoms with Gasteiger partial charge in [0.1, 0.15) is 17.2 Å². The van der Waals surface area contributed by atoms with Gasteiger partial charge in [0.15, 0.2) is 5.58 Å². The van der Waals surface area contributed by atoms with E-state index in [0.717, 1.165) is 19.2 Å². The second kappa shape index (κ2) is 5.84. The van der Waals surface area contributed by atoms with Gasteiger partial charge in [0.25, 0.3) is 5.56 Å². The zero-order valence-electron chi connectivity index (χ0n) is 12.7. The molecule has 3 aromatic rings. The molecule has 2 aromatic heterocycles. The summed E-state index contributed by atoms with van der Waals surface area (Å²) in [7, 11) is 0.789. The van der Waals surface area contributed by atoms with Gasteiger partial charge < -0.3 is 4.42 Å². The Kier molecular flexibility index (Phi) is 4.02. The third-order valence-corrected chi connectivity index (χ3v) is 3.90. The Labute approximate surface area is 145 Å². The summed E-state index contributed by atoms with van der Waals surface area (Å²) in [6.07, 6.45) is -4.96. The van der Waals surface area contributed by atoms with Crippen LogP contribution in [0.3, 0.4) is 0 Å². The topological polar surface area (TPSA) is 74.2 Å². The maximum Gasteiger partial charge on any atom is 0.431 e. The highest BCUT2D eigenvalue weighted by molar-refractivity contribution is 6.35. The van der Waals surface area contributed by atoms with Gasteiger partial charge in [-0.05, 0) is 12.1 Å². The van der Waals surface area contributed by atoms with Gasteiger partial charge in [-0.3, -0.25) is 9.36 Å². The molecule has 0 radical (unpaired) electrons. The largest absolute Gasteiger partial charge is 0.431 e. The van der Waals surface area contributed by atoms with Crippen LogP contribution >= 0.6 is 11.6 Å². The maximum atomic E-state index is 14.5. The second-order valence-electron chi connectivity index (χ2n) is 5.23. The molecular weight excluding hydrogens is 384 g/mol. The lowest BCUT2D eigenvalue weighted by atomic mass is 10.2. The second-order valence-corrected chi connectivity index (χ2v) is 5.64. The van der Waals surface area contributed by atoms with Crippen LogP contribution in [0.4, 0.5) is 17.6 Å². The molecule has 6 nitrogen and oxygen atoms in total. The standard InChI is InChI=1S/C15H7ClF4N2O4/c1-21-9(15(18,19)20)5-10(23)22(14(21)25)12-6-2-3-11(24)26-13(6)7(16)4-8(12)17/h2-5H,1H3. The van der Waals surface area contributed by atoms with Gasteiger partial charge in [0, 0.05) is 24.6 Å². The average molecular weight is 391 g/mol. The van der Waals surface area contributed by atoms with Crippen molar-refractivity contribution in [2.45, 2.75) is 6.18 Å². The van der Waals surface area contributed by atoms with Gasteiger partial charge in [0.05, 0.1) is 5.02 Å². The van der Waals surface area contributed by atoms with E-state index in [1.54, 1.807) is 0 Å². The molecule has 0 spiro atoms. The van der Waals surface area contributed by atoms with E-state index in [9.17, 15) is 31.9 Å². The van der Waals surface area contributed by atoms with Gasteiger partial charge in [-0.25, -0.2) is 18.5 Å². The first-order chi connectivity index (χ1) is 12.0. The van der Waals surface area contributed by atoms with Gasteiger partial charge in [-0.1, -0.05) is 11.6 Å². The molecule has 1 aromatic carbocycles. The number of hydrogen-bond acceptors (Lipinski definition) is 4. The van der Waals surface area contributed by atoms with E-state index in [0.29, 0.717) is 6.07 Å². The first-order valence-corrected chi connectivity index (χ1v) is 7.22. The van der Waals surface area contributed by atoms with Gasteiger partial charge >= 0.3 is 17.5 Å². The van der Waals surface area contributed by atoms with Crippen LogP contribution in [0.5, 0.6) is 0 Å². The summed E-state index contributed by atoms with van der Waals surface area (Å²) in [5, 5.41) is -0.538. The Morgan fingerprint density at radius 2 is 1.77 bits per heavy atom. The van der Waals surface area contributed by atoms with Crippen molar-refractivity contribution in [2.24, 2.45) is 7.05 Å². The summed E-state index contributed by atoms with van der Waals surface area (Å²) in [5.74, 6) is -1.16. The summed E-state index contributed by atoms with van der Waals surface area (Å²) in [6.45, 7) is 0. The molecule has 0 saturated carbocycles. The Bertz CT molecular complexity index is 1220. The smallest absolute Gasteiger partial charge is 0.421 e. The summed E-state index contributed by atoms with van der Waals surface area (Å²) >= 11 is 5.80. The molecular formula is C15H7ClF4N2O4. The van der Waals surface area contributed by atoms with Crippen LogP contribution in [0.1, 0.15) is 5.69 Å². The van der Waals surface area contributed by atoms with Crippen molar-refractivity contribution in [3.63, 3.8) is 0 Å². The lowest BCUT2D eigenvalue weighted by Crippen LogP contribution is -2.41. The van der Waals surface area contributed by atoms with Gasteiger partial charge in [-0.2, -0.15) is 13.2 Å². The molecule has 0 aliphatic rings. The molecule has 0 saturated heterocycles. The minimum Gasteiger partial charge on any atom is -0.421 e. The van der Waals surface area contributed by atoms with Gasteiger partial charge in [-0.15, -0.1) is 0 Å². The number of hydrogen-bond donors (Lipinski definition) is 0. The minimum atomic E-state index is -4.96. The first-order valence-electron chi connectivity index (χ1n) is 6.85. The highest BCUT2D eigenvalue weighted by Gasteiger charge is 2.35. The van der Waals surface area contributed by atoms with E-state index in [2.05, 4.69) is 0 Å². The van der Waals surface area contributed by atoms with E-state index in [1.807, 2.05) is 0 Å². The number of nitrogens with zero attached hydrogens (tertiary/aromatic N) is 2. The van der Waals surface area contributed by atoms with Crippen LogP contribution in [-0.4, -0.2) is 9.13 Å². The van der Waals surface area contributed by atoms with Crippen molar-refractivity contribution in [1.82, 2.24) is 9.13 Å². The maximum absolute atomic E-state index is 14.5. The zero-order chi connectivity index (χ0) is 19.4. The van der Waals surface area contributed by atoms with E-state index in [4.69, 9.17) is 16.0 Å². The summed E-state index contributed by atoms with van der Waals surface area (Å²) in [4.78, 5) is 35.8. The third kappa shape index (κ3) is 2.71. The van der Waals surface area contributed by atoms with Crippen molar-refractivity contribution in [1.29, 1.82) is 0 Å². The molecule has 0 fully saturated rings. The van der Waals surface area contributed by atoms with Crippen molar-refractivity contribution in [3.05, 3.63) is 72.1 Å². The summed E-state index contributed by atoms with van der Waals surface area (Å²) in [6, 6.07) is 2.79. The van der Waals surface area contributed by atoms with E-state index in [-0.39, 0.29) is 31.2 Å². The predicted octanol–water partition coefficient (Wildman–Crippen LogP) is 2.45. The Hall–Kier alpha value is -2.88. The molecule has 136 valence electrons. The first kappa shape index (κ1) is 17.9. The van der Waals surface area contributed by atoms with E-state index >= 15 is 0 Å². The quantitative estimate of drug-likeness (QED) is 0.472. The van der Waals surface area contributed by atoms with Gasteiger partial charge in [0.2, 0.25) is 0 Å². The van der Waals surface area contributed by atoms with Crippen molar-refractivity contribution in [3.8, 4) is 5.69 Å². The average Bonchev–Trinajstić information content (AvgIpc) is 2.53.